The van der Waals surface area contributed by atoms with Crippen LogP contribution in [0.1, 0.15) is 23.0 Å². The Morgan fingerprint density at radius 1 is 1.00 bits per heavy atom. The van der Waals surface area contributed by atoms with Gasteiger partial charge in [-0.2, -0.15) is 0 Å². The van der Waals surface area contributed by atoms with E-state index >= 15 is 0 Å². The number of carbonyl (C=O) groups excluding carboxylic acids is 1. The van der Waals surface area contributed by atoms with Gasteiger partial charge in [0.15, 0.2) is 11.5 Å². The largest absolute Gasteiger partial charge is 0.497 e. The van der Waals surface area contributed by atoms with Crippen LogP contribution in [0.15, 0.2) is 60.7 Å². The van der Waals surface area contributed by atoms with Crippen LogP contribution in [0.25, 0.3) is 0 Å². The first kappa shape index (κ1) is 20.1. The zero-order valence-corrected chi connectivity index (χ0v) is 16.8. The first-order valence-corrected chi connectivity index (χ1v) is 9.30. The number of benzene rings is 2. The van der Waals surface area contributed by atoms with Crippen LogP contribution in [0, 0.1) is 0 Å². The lowest BCUT2D eigenvalue weighted by Gasteiger charge is -2.20. The van der Waals surface area contributed by atoms with Crippen molar-refractivity contribution in [2.75, 3.05) is 26.1 Å². The van der Waals surface area contributed by atoms with Crippen molar-refractivity contribution in [3.8, 4) is 11.5 Å². The fourth-order valence-corrected chi connectivity index (χ4v) is 2.86. The molecule has 0 radical (unpaired) electrons. The minimum Gasteiger partial charge on any atom is -0.497 e. The molecule has 2 aromatic carbocycles. The van der Waals surface area contributed by atoms with Crippen LogP contribution >= 0.6 is 0 Å². The topological polar surface area (TPSA) is 76.6 Å². The van der Waals surface area contributed by atoms with E-state index < -0.39 is 0 Å². The van der Waals surface area contributed by atoms with E-state index in [0.717, 1.165) is 5.56 Å². The second kappa shape index (κ2) is 9.54. The zero-order chi connectivity index (χ0) is 20.6. The molecule has 0 unspecified atom stereocenters. The first-order chi connectivity index (χ1) is 14.1. The van der Waals surface area contributed by atoms with E-state index in [1.807, 2.05) is 43.3 Å². The summed E-state index contributed by atoms with van der Waals surface area (Å²) in [6.07, 6.45) is 0. The van der Waals surface area contributed by atoms with Crippen molar-refractivity contribution in [1.29, 1.82) is 0 Å². The smallest absolute Gasteiger partial charge is 0.274 e. The molecule has 0 saturated heterocycles. The van der Waals surface area contributed by atoms with Gasteiger partial charge < -0.3 is 19.7 Å². The highest BCUT2D eigenvalue weighted by Gasteiger charge is 2.17. The third kappa shape index (κ3) is 5.01. The van der Waals surface area contributed by atoms with E-state index in [-0.39, 0.29) is 5.91 Å². The number of amides is 1. The summed E-state index contributed by atoms with van der Waals surface area (Å²) in [5.74, 6) is 1.67. The molecule has 7 heteroatoms. The molecule has 7 nitrogen and oxygen atoms in total. The molecule has 0 atom stereocenters. The summed E-state index contributed by atoms with van der Waals surface area (Å²) < 4.78 is 10.6. The quantitative estimate of drug-likeness (QED) is 0.627. The van der Waals surface area contributed by atoms with Crippen LogP contribution in [0.4, 0.5) is 11.5 Å². The maximum atomic E-state index is 12.8. The van der Waals surface area contributed by atoms with Gasteiger partial charge in [0.05, 0.1) is 19.9 Å². The molecule has 0 aliphatic heterocycles. The van der Waals surface area contributed by atoms with Gasteiger partial charge in [-0.1, -0.05) is 30.3 Å². The van der Waals surface area contributed by atoms with Crippen LogP contribution in [-0.2, 0) is 6.54 Å². The molecule has 1 heterocycles. The molecule has 1 aromatic heterocycles. The van der Waals surface area contributed by atoms with Crippen molar-refractivity contribution in [2.45, 2.75) is 13.5 Å². The van der Waals surface area contributed by atoms with E-state index in [0.29, 0.717) is 41.8 Å². The number of nitrogens with one attached hydrogen (secondary N) is 1. The zero-order valence-electron chi connectivity index (χ0n) is 16.8. The number of nitrogens with zero attached hydrogens (tertiary/aromatic N) is 3. The van der Waals surface area contributed by atoms with Gasteiger partial charge in [-0.15, -0.1) is 10.2 Å². The van der Waals surface area contributed by atoms with Crippen LogP contribution in [0.2, 0.25) is 0 Å². The van der Waals surface area contributed by atoms with Crippen LogP contribution < -0.4 is 14.8 Å². The third-order valence-electron chi connectivity index (χ3n) is 4.44. The molecule has 1 N–H and O–H groups in total. The Balaban J connectivity index is 1.73. The highest BCUT2D eigenvalue weighted by atomic mass is 16.5. The lowest BCUT2D eigenvalue weighted by Crippen LogP contribution is -2.31. The predicted molar refractivity (Wildman–Crippen MR) is 112 cm³/mol. The summed E-state index contributed by atoms with van der Waals surface area (Å²) in [6, 6.07) is 18.7. The molecular formula is C22H24N4O3. The molecule has 0 saturated carbocycles. The van der Waals surface area contributed by atoms with Gasteiger partial charge in [-0.3, -0.25) is 4.79 Å². The summed E-state index contributed by atoms with van der Waals surface area (Å²) in [5, 5.41) is 11.4. The normalized spacial score (nSPS) is 10.3. The van der Waals surface area contributed by atoms with Gasteiger partial charge in [-0.05, 0) is 36.8 Å². The average molecular weight is 392 g/mol. The second-order valence-electron chi connectivity index (χ2n) is 6.30. The Bertz CT molecular complexity index is 946. The standard InChI is InChI=1S/C22H24N4O3/c1-4-26(15-16-8-6-5-7-9-16)22(27)18-11-13-21(25-24-18)23-19-14-17(28-2)10-12-20(19)29-3/h5-14H,4,15H2,1-3H3,(H,23,25). The number of methoxy groups -OCH3 is 2. The SMILES string of the molecule is CCN(Cc1ccccc1)C(=O)c1ccc(Nc2cc(OC)ccc2OC)nn1. The van der Waals surface area contributed by atoms with Crippen molar-refractivity contribution < 1.29 is 14.3 Å². The molecule has 0 fully saturated rings. The molecular weight excluding hydrogens is 368 g/mol. The highest BCUT2D eigenvalue weighted by molar-refractivity contribution is 5.92. The van der Waals surface area contributed by atoms with Crippen molar-refractivity contribution in [2.24, 2.45) is 0 Å². The maximum absolute atomic E-state index is 12.8. The summed E-state index contributed by atoms with van der Waals surface area (Å²) in [4.78, 5) is 14.5. The number of ether oxygens (including phenoxy) is 2. The van der Waals surface area contributed by atoms with Crippen molar-refractivity contribution in [3.63, 3.8) is 0 Å². The lowest BCUT2D eigenvalue weighted by atomic mass is 10.2. The number of carbonyl (C=O) groups is 1. The minimum atomic E-state index is -0.158. The lowest BCUT2D eigenvalue weighted by molar-refractivity contribution is 0.0745. The van der Waals surface area contributed by atoms with Gasteiger partial charge in [0.1, 0.15) is 11.5 Å². The Morgan fingerprint density at radius 3 is 2.41 bits per heavy atom. The number of rotatable bonds is 8. The number of hydrogen-bond acceptors (Lipinski definition) is 6. The molecule has 150 valence electrons. The van der Waals surface area contributed by atoms with E-state index in [9.17, 15) is 4.79 Å². The van der Waals surface area contributed by atoms with E-state index in [4.69, 9.17) is 9.47 Å². The first-order valence-electron chi connectivity index (χ1n) is 9.30. The van der Waals surface area contributed by atoms with Gasteiger partial charge in [0.2, 0.25) is 0 Å². The number of hydrogen-bond donors (Lipinski definition) is 1. The van der Waals surface area contributed by atoms with E-state index in [1.54, 1.807) is 43.4 Å². The molecule has 1 amide bonds. The molecule has 3 rings (SSSR count). The number of anilines is 2. The second-order valence-corrected chi connectivity index (χ2v) is 6.30. The monoisotopic (exact) mass is 392 g/mol. The van der Waals surface area contributed by atoms with Gasteiger partial charge in [0.25, 0.3) is 5.91 Å². The molecule has 0 bridgehead atoms. The van der Waals surface area contributed by atoms with Crippen LogP contribution in [0.5, 0.6) is 11.5 Å². The third-order valence-corrected chi connectivity index (χ3v) is 4.44. The van der Waals surface area contributed by atoms with Gasteiger partial charge >= 0.3 is 0 Å². The number of aromatic nitrogens is 2. The fraction of sp³-hybridized carbons (Fsp3) is 0.227. The average Bonchev–Trinajstić information content (AvgIpc) is 2.78. The van der Waals surface area contributed by atoms with Crippen molar-refractivity contribution in [1.82, 2.24) is 15.1 Å². The Morgan fingerprint density at radius 2 is 1.79 bits per heavy atom. The summed E-state index contributed by atoms with van der Waals surface area (Å²) in [5.41, 5.74) is 2.06. The molecule has 0 aliphatic rings. The summed E-state index contributed by atoms with van der Waals surface area (Å²) >= 11 is 0. The molecule has 3 aromatic rings. The maximum Gasteiger partial charge on any atom is 0.274 e. The summed E-state index contributed by atoms with van der Waals surface area (Å²) in [6.45, 7) is 3.05. The predicted octanol–water partition coefficient (Wildman–Crippen LogP) is 3.90. The Kier molecular flexibility index (Phi) is 6.63. The Hall–Kier alpha value is -3.61. The Labute approximate surface area is 170 Å². The van der Waals surface area contributed by atoms with Gasteiger partial charge in [0, 0.05) is 19.2 Å². The van der Waals surface area contributed by atoms with E-state index in [1.165, 1.54) is 0 Å². The van der Waals surface area contributed by atoms with Crippen molar-refractivity contribution in [3.05, 3.63) is 71.9 Å². The highest BCUT2D eigenvalue weighted by Crippen LogP contribution is 2.30. The van der Waals surface area contributed by atoms with Gasteiger partial charge in [-0.25, -0.2) is 0 Å². The van der Waals surface area contributed by atoms with E-state index in [2.05, 4.69) is 15.5 Å². The van der Waals surface area contributed by atoms with Crippen LogP contribution in [0.3, 0.4) is 0 Å². The molecule has 29 heavy (non-hydrogen) atoms. The minimum absolute atomic E-state index is 0.158. The molecule has 0 aliphatic carbocycles. The van der Waals surface area contributed by atoms with Crippen LogP contribution in [-0.4, -0.2) is 41.8 Å². The summed E-state index contributed by atoms with van der Waals surface area (Å²) in [7, 11) is 3.19. The molecule has 0 spiro atoms. The fourth-order valence-electron chi connectivity index (χ4n) is 2.86. The van der Waals surface area contributed by atoms with Crippen molar-refractivity contribution >= 4 is 17.4 Å².